The van der Waals surface area contributed by atoms with Gasteiger partial charge in [-0.25, -0.2) is 4.68 Å². The van der Waals surface area contributed by atoms with E-state index in [1.54, 1.807) is 27.8 Å². The number of carbonyl (C=O) groups is 1. The minimum absolute atomic E-state index is 0.0108. The van der Waals surface area contributed by atoms with Gasteiger partial charge in [0.1, 0.15) is 10.0 Å². The Bertz CT molecular complexity index is 1240. The highest BCUT2D eigenvalue weighted by atomic mass is 32.2. The average molecular weight is 465 g/mol. The van der Waals surface area contributed by atoms with E-state index in [2.05, 4.69) is 0 Å². The minimum atomic E-state index is -0.436. The van der Waals surface area contributed by atoms with E-state index in [-0.39, 0.29) is 17.6 Å². The predicted molar refractivity (Wildman–Crippen MR) is 130 cm³/mol. The number of thioether (sulfide) groups is 1. The Hall–Kier alpha value is -3.30. The Kier molecular flexibility index (Phi) is 6.20. The van der Waals surface area contributed by atoms with E-state index in [0.29, 0.717) is 26.0 Å². The van der Waals surface area contributed by atoms with Crippen LogP contribution in [0.5, 0.6) is 0 Å². The van der Waals surface area contributed by atoms with E-state index in [0.717, 1.165) is 12.1 Å². The molecule has 7 nitrogen and oxygen atoms in total. The van der Waals surface area contributed by atoms with Crippen LogP contribution in [0, 0.1) is 10.1 Å². The molecule has 9 heteroatoms. The molecule has 0 N–H and O–H groups in total. The van der Waals surface area contributed by atoms with E-state index in [1.807, 2.05) is 50.4 Å². The maximum absolute atomic E-state index is 13.0. The first-order valence-electron chi connectivity index (χ1n) is 10.1. The lowest BCUT2D eigenvalue weighted by Gasteiger charge is -2.21. The number of para-hydroxylation sites is 1. The van der Waals surface area contributed by atoms with Gasteiger partial charge in [-0.3, -0.25) is 19.8 Å². The first-order valence-corrected chi connectivity index (χ1v) is 11.3. The molecule has 4 rings (SSSR count). The van der Waals surface area contributed by atoms with Crippen LogP contribution in [0.4, 0.5) is 5.69 Å². The fourth-order valence-corrected chi connectivity index (χ4v) is 4.83. The van der Waals surface area contributed by atoms with Crippen molar-refractivity contribution in [2.24, 2.45) is 0 Å². The van der Waals surface area contributed by atoms with Gasteiger partial charge in [-0.1, -0.05) is 61.2 Å². The summed E-state index contributed by atoms with van der Waals surface area (Å²) in [5, 5.41) is 16.0. The van der Waals surface area contributed by atoms with Crippen molar-refractivity contribution in [1.29, 1.82) is 0 Å². The third kappa shape index (κ3) is 4.21. The van der Waals surface area contributed by atoms with Gasteiger partial charge in [0.05, 0.1) is 15.5 Å². The van der Waals surface area contributed by atoms with E-state index in [4.69, 9.17) is 17.3 Å². The summed E-state index contributed by atoms with van der Waals surface area (Å²) in [7, 11) is 0. The number of rotatable bonds is 6. The molecular formula is C23H20N4O3S2. The van der Waals surface area contributed by atoms with Crippen LogP contribution in [0.25, 0.3) is 23.0 Å². The molecule has 1 aromatic heterocycles. The van der Waals surface area contributed by atoms with Crippen LogP contribution in [0.2, 0.25) is 0 Å². The molecule has 1 saturated heterocycles. The SMILES string of the molecule is CCC(C)N1C(=O)C(=Cc2cn(-c3ccccc3)nc2-c2cccc([N+](=O)[O-])c2)SC1=S. The Morgan fingerprint density at radius 2 is 1.97 bits per heavy atom. The molecule has 2 aromatic carbocycles. The van der Waals surface area contributed by atoms with Crippen molar-refractivity contribution in [3.8, 4) is 16.9 Å². The van der Waals surface area contributed by atoms with Gasteiger partial charge in [0.25, 0.3) is 11.6 Å². The molecule has 0 spiro atoms. The fourth-order valence-electron chi connectivity index (χ4n) is 3.38. The standard InChI is InChI=1S/C23H20N4O3S2/c1-3-15(2)26-22(28)20(32-23(26)31)13-17-14-25(18-9-5-4-6-10-18)24-21(17)16-8-7-11-19(12-16)27(29)30/h4-15H,3H2,1-2H3. The molecule has 1 unspecified atom stereocenters. The van der Waals surface area contributed by atoms with Crippen molar-refractivity contribution in [3.63, 3.8) is 0 Å². The smallest absolute Gasteiger partial charge is 0.270 e. The van der Waals surface area contributed by atoms with E-state index < -0.39 is 4.92 Å². The number of aromatic nitrogens is 2. The lowest BCUT2D eigenvalue weighted by molar-refractivity contribution is -0.384. The monoisotopic (exact) mass is 464 g/mol. The maximum atomic E-state index is 13.0. The number of hydrogen-bond acceptors (Lipinski definition) is 6. The number of thiocarbonyl (C=S) groups is 1. The van der Waals surface area contributed by atoms with Gasteiger partial charge in [-0.15, -0.1) is 0 Å². The average Bonchev–Trinajstić information content (AvgIpc) is 3.34. The summed E-state index contributed by atoms with van der Waals surface area (Å²) in [6.45, 7) is 3.98. The van der Waals surface area contributed by atoms with Crippen LogP contribution in [0.15, 0.2) is 65.7 Å². The number of carbonyl (C=O) groups excluding carboxylic acids is 1. The third-order valence-corrected chi connectivity index (χ3v) is 6.57. The molecule has 1 aliphatic heterocycles. The van der Waals surface area contributed by atoms with Crippen molar-refractivity contribution in [2.75, 3.05) is 0 Å². The molecule has 32 heavy (non-hydrogen) atoms. The number of nitro groups is 1. The zero-order valence-electron chi connectivity index (χ0n) is 17.5. The van der Waals surface area contributed by atoms with Crippen molar-refractivity contribution < 1.29 is 9.72 Å². The normalized spacial score (nSPS) is 16.1. The molecule has 0 bridgehead atoms. The summed E-state index contributed by atoms with van der Waals surface area (Å²) in [5.74, 6) is -0.133. The van der Waals surface area contributed by atoms with E-state index in [1.165, 1.54) is 23.9 Å². The molecule has 1 fully saturated rings. The van der Waals surface area contributed by atoms with Gasteiger partial charge in [0.2, 0.25) is 0 Å². The summed E-state index contributed by atoms with van der Waals surface area (Å²) in [6, 6.07) is 15.9. The minimum Gasteiger partial charge on any atom is -0.290 e. The van der Waals surface area contributed by atoms with Crippen LogP contribution >= 0.6 is 24.0 Å². The van der Waals surface area contributed by atoms with Crippen LogP contribution in [0.3, 0.4) is 0 Å². The molecular weight excluding hydrogens is 444 g/mol. The Labute approximate surface area is 194 Å². The van der Waals surface area contributed by atoms with E-state index in [9.17, 15) is 14.9 Å². The summed E-state index contributed by atoms with van der Waals surface area (Å²) >= 11 is 6.70. The van der Waals surface area contributed by atoms with E-state index >= 15 is 0 Å². The van der Waals surface area contributed by atoms with Gasteiger partial charge < -0.3 is 0 Å². The second kappa shape index (κ2) is 9.05. The maximum Gasteiger partial charge on any atom is 0.270 e. The molecule has 0 aliphatic carbocycles. The quantitative estimate of drug-likeness (QED) is 0.209. The first kappa shape index (κ1) is 21.9. The zero-order chi connectivity index (χ0) is 22.8. The molecule has 1 atom stereocenters. The lowest BCUT2D eigenvalue weighted by Crippen LogP contribution is -2.36. The van der Waals surface area contributed by atoms with Gasteiger partial charge in [-0.2, -0.15) is 5.10 Å². The number of non-ortho nitro benzene ring substituents is 1. The van der Waals surface area contributed by atoms with Crippen LogP contribution < -0.4 is 0 Å². The van der Waals surface area contributed by atoms with Crippen LogP contribution in [0.1, 0.15) is 25.8 Å². The summed E-state index contributed by atoms with van der Waals surface area (Å²) in [5.41, 5.74) is 2.64. The second-order valence-electron chi connectivity index (χ2n) is 7.33. The molecule has 2 heterocycles. The summed E-state index contributed by atoms with van der Waals surface area (Å²) < 4.78 is 2.23. The molecule has 0 saturated carbocycles. The zero-order valence-corrected chi connectivity index (χ0v) is 19.1. The topological polar surface area (TPSA) is 81.3 Å². The highest BCUT2D eigenvalue weighted by Gasteiger charge is 2.35. The van der Waals surface area contributed by atoms with Crippen molar-refractivity contribution in [3.05, 3.63) is 81.4 Å². The Balaban J connectivity index is 1.83. The van der Waals surface area contributed by atoms with Crippen molar-refractivity contribution >= 4 is 46.0 Å². The highest BCUT2D eigenvalue weighted by molar-refractivity contribution is 8.26. The van der Waals surface area contributed by atoms with Crippen molar-refractivity contribution in [2.45, 2.75) is 26.3 Å². The number of hydrogen-bond donors (Lipinski definition) is 0. The van der Waals surface area contributed by atoms with Gasteiger partial charge in [0, 0.05) is 35.5 Å². The van der Waals surface area contributed by atoms with Gasteiger partial charge in [-0.05, 0) is 31.6 Å². The van der Waals surface area contributed by atoms with Crippen LogP contribution in [-0.2, 0) is 4.79 Å². The largest absolute Gasteiger partial charge is 0.290 e. The Morgan fingerprint density at radius 3 is 2.66 bits per heavy atom. The van der Waals surface area contributed by atoms with Crippen molar-refractivity contribution in [1.82, 2.24) is 14.7 Å². The molecule has 1 amide bonds. The summed E-state index contributed by atoms with van der Waals surface area (Å²) in [6.07, 6.45) is 4.38. The number of amides is 1. The molecule has 162 valence electrons. The van der Waals surface area contributed by atoms with Gasteiger partial charge in [0.15, 0.2) is 0 Å². The number of nitrogens with zero attached hydrogens (tertiary/aromatic N) is 4. The molecule has 0 radical (unpaired) electrons. The lowest BCUT2D eigenvalue weighted by atomic mass is 10.1. The Morgan fingerprint density at radius 1 is 1.22 bits per heavy atom. The first-order chi connectivity index (χ1) is 15.4. The van der Waals surface area contributed by atoms with Gasteiger partial charge >= 0.3 is 0 Å². The third-order valence-electron chi connectivity index (χ3n) is 5.24. The number of benzene rings is 2. The molecule has 1 aliphatic rings. The fraction of sp³-hybridized carbons (Fsp3) is 0.174. The highest BCUT2D eigenvalue weighted by Crippen LogP contribution is 2.36. The molecule has 3 aromatic rings. The second-order valence-corrected chi connectivity index (χ2v) is 9.01. The summed E-state index contributed by atoms with van der Waals surface area (Å²) in [4.78, 5) is 26.0. The number of nitro benzene ring substituents is 1. The predicted octanol–water partition coefficient (Wildman–Crippen LogP) is 5.45. The van der Waals surface area contributed by atoms with Crippen LogP contribution in [-0.4, -0.2) is 35.9 Å².